The van der Waals surface area contributed by atoms with Gasteiger partial charge in [-0.25, -0.2) is 14.4 Å². The quantitative estimate of drug-likeness (QED) is 0.531. The molecule has 182 valence electrons. The second-order valence-corrected chi connectivity index (χ2v) is 8.40. The molecule has 1 saturated heterocycles. The molecule has 1 aromatic carbocycles. The molecule has 11 heteroatoms. The van der Waals surface area contributed by atoms with Crippen LogP contribution in [-0.2, 0) is 0 Å². The smallest absolute Gasteiger partial charge is 0.273 e. The van der Waals surface area contributed by atoms with Gasteiger partial charge >= 0.3 is 0 Å². The van der Waals surface area contributed by atoms with Gasteiger partial charge in [-0.1, -0.05) is 6.07 Å². The summed E-state index contributed by atoms with van der Waals surface area (Å²) in [5.41, 5.74) is 1.83. The van der Waals surface area contributed by atoms with Crippen molar-refractivity contribution < 1.29 is 18.4 Å². The second-order valence-electron chi connectivity index (χ2n) is 8.40. The number of carbonyl (C=O) groups is 2. The zero-order valence-electron chi connectivity index (χ0n) is 19.3. The highest BCUT2D eigenvalue weighted by Crippen LogP contribution is 2.35. The third-order valence-corrected chi connectivity index (χ3v) is 6.14. The van der Waals surface area contributed by atoms with Crippen LogP contribution in [0, 0.1) is 0 Å². The van der Waals surface area contributed by atoms with Crippen molar-refractivity contribution in [3.63, 3.8) is 0 Å². The molecule has 2 N–H and O–H groups in total. The van der Waals surface area contributed by atoms with Crippen LogP contribution in [-0.4, -0.2) is 65.7 Å². The van der Waals surface area contributed by atoms with Crippen LogP contribution in [0.2, 0.25) is 0 Å². The highest BCUT2D eigenvalue weighted by atomic mass is 19.1. The number of alkyl halides is 1. The maximum atomic E-state index is 13.7. The molecule has 0 bridgehead atoms. The number of halogens is 1. The lowest BCUT2D eigenvalue weighted by molar-refractivity contribution is 0.0944. The van der Waals surface area contributed by atoms with Crippen LogP contribution in [0.4, 0.5) is 21.8 Å². The Labute approximate surface area is 201 Å². The number of nitrogens with zero attached hydrogens (tertiary/aromatic N) is 5. The van der Waals surface area contributed by atoms with Gasteiger partial charge < -0.3 is 24.9 Å². The standard InChI is InChI=1S/C24H26FN7O3/c1-2-26-24-28-12-18-20(30-24)31-10-4-7-17(31)13-32(23(18)34)16-6-3-5-15(11-16)22-29-19(14-35-22)21(33)27-9-8-25/h3,5-6,11-12,14,17H,2,4,7-10,13H2,1H3,(H,27,33)(H,26,28,30)/t17-/m0/s1. The Balaban J connectivity index is 1.46. The van der Waals surface area contributed by atoms with E-state index < -0.39 is 12.6 Å². The topological polar surface area (TPSA) is 116 Å². The maximum Gasteiger partial charge on any atom is 0.273 e. The van der Waals surface area contributed by atoms with Crippen molar-refractivity contribution in [3.8, 4) is 11.5 Å². The highest BCUT2D eigenvalue weighted by molar-refractivity contribution is 6.10. The van der Waals surface area contributed by atoms with Gasteiger partial charge in [-0.15, -0.1) is 0 Å². The largest absolute Gasteiger partial charge is 0.444 e. The van der Waals surface area contributed by atoms with E-state index in [-0.39, 0.29) is 30.1 Å². The van der Waals surface area contributed by atoms with Gasteiger partial charge in [0.2, 0.25) is 11.8 Å². The third-order valence-electron chi connectivity index (χ3n) is 6.14. The van der Waals surface area contributed by atoms with E-state index in [2.05, 4.69) is 30.5 Å². The summed E-state index contributed by atoms with van der Waals surface area (Å²) in [6.45, 7) is 3.26. The summed E-state index contributed by atoms with van der Waals surface area (Å²) in [4.78, 5) is 42.9. The monoisotopic (exact) mass is 479 g/mol. The fraction of sp³-hybridized carbons (Fsp3) is 0.375. The minimum atomic E-state index is -0.661. The second kappa shape index (κ2) is 9.69. The first-order valence-electron chi connectivity index (χ1n) is 11.7. The molecule has 0 aliphatic carbocycles. The molecule has 10 nitrogen and oxygen atoms in total. The number of nitrogens with one attached hydrogen (secondary N) is 2. The van der Waals surface area contributed by atoms with Crippen molar-refractivity contribution in [2.75, 3.05) is 48.0 Å². The zero-order chi connectivity index (χ0) is 24.4. The van der Waals surface area contributed by atoms with Gasteiger partial charge in [0.05, 0.1) is 0 Å². The molecule has 2 aromatic heterocycles. The third kappa shape index (κ3) is 4.41. The highest BCUT2D eigenvalue weighted by Gasteiger charge is 2.37. The van der Waals surface area contributed by atoms with Gasteiger partial charge in [-0.05, 0) is 38.0 Å². The van der Waals surface area contributed by atoms with E-state index in [4.69, 9.17) is 4.42 Å². The Bertz CT molecular complexity index is 1250. The number of hydrogen-bond acceptors (Lipinski definition) is 8. The molecule has 4 heterocycles. The van der Waals surface area contributed by atoms with E-state index in [0.717, 1.165) is 19.4 Å². The number of oxazole rings is 1. The molecule has 2 aliphatic heterocycles. The summed E-state index contributed by atoms with van der Waals surface area (Å²) in [6.07, 6.45) is 4.81. The van der Waals surface area contributed by atoms with Crippen LogP contribution in [0.25, 0.3) is 11.5 Å². The number of amides is 2. The van der Waals surface area contributed by atoms with E-state index in [9.17, 15) is 14.0 Å². The predicted octanol–water partition coefficient (Wildman–Crippen LogP) is 2.89. The normalized spacial score (nSPS) is 17.1. The van der Waals surface area contributed by atoms with Gasteiger partial charge in [0.25, 0.3) is 11.8 Å². The number of carbonyl (C=O) groups excluding carboxylic acids is 2. The summed E-state index contributed by atoms with van der Waals surface area (Å²) in [5, 5.41) is 5.55. The van der Waals surface area contributed by atoms with Crippen LogP contribution < -0.4 is 20.4 Å². The molecule has 0 spiro atoms. The molecular weight excluding hydrogens is 453 g/mol. The van der Waals surface area contributed by atoms with E-state index in [1.807, 2.05) is 25.1 Å². The molecule has 3 aromatic rings. The molecule has 1 atom stereocenters. The Morgan fingerprint density at radius 2 is 2.20 bits per heavy atom. The summed E-state index contributed by atoms with van der Waals surface area (Å²) in [6, 6.07) is 7.42. The van der Waals surface area contributed by atoms with E-state index in [1.165, 1.54) is 6.26 Å². The summed E-state index contributed by atoms with van der Waals surface area (Å²) >= 11 is 0. The minimum Gasteiger partial charge on any atom is -0.444 e. The van der Waals surface area contributed by atoms with Crippen molar-refractivity contribution >= 4 is 29.3 Å². The first-order valence-corrected chi connectivity index (χ1v) is 11.7. The maximum absolute atomic E-state index is 13.7. The van der Waals surface area contributed by atoms with Crippen molar-refractivity contribution in [2.45, 2.75) is 25.8 Å². The number of anilines is 3. The van der Waals surface area contributed by atoms with E-state index in [0.29, 0.717) is 41.7 Å². The van der Waals surface area contributed by atoms with E-state index >= 15 is 0 Å². The minimum absolute atomic E-state index is 0.0638. The summed E-state index contributed by atoms with van der Waals surface area (Å²) in [7, 11) is 0. The van der Waals surface area contributed by atoms with Crippen molar-refractivity contribution in [2.24, 2.45) is 0 Å². The Morgan fingerprint density at radius 1 is 1.31 bits per heavy atom. The summed E-state index contributed by atoms with van der Waals surface area (Å²) < 4.78 is 17.8. The average molecular weight is 480 g/mol. The van der Waals surface area contributed by atoms with Crippen LogP contribution in [0.15, 0.2) is 41.1 Å². The van der Waals surface area contributed by atoms with Crippen LogP contribution in [0.3, 0.4) is 0 Å². The lowest BCUT2D eigenvalue weighted by atomic mass is 10.1. The molecule has 1 fully saturated rings. The summed E-state index contributed by atoms with van der Waals surface area (Å²) in [5.74, 6) is 0.731. The fourth-order valence-corrected chi connectivity index (χ4v) is 4.52. The fourth-order valence-electron chi connectivity index (χ4n) is 4.52. The zero-order valence-corrected chi connectivity index (χ0v) is 19.3. The number of fused-ring (bicyclic) bond motifs is 3. The van der Waals surface area contributed by atoms with Crippen molar-refractivity contribution in [1.29, 1.82) is 0 Å². The molecule has 2 aliphatic rings. The van der Waals surface area contributed by atoms with Gasteiger partial charge in [-0.3, -0.25) is 9.59 Å². The first-order chi connectivity index (χ1) is 17.1. The predicted molar refractivity (Wildman–Crippen MR) is 128 cm³/mol. The molecule has 2 amide bonds. The number of rotatable bonds is 7. The number of aromatic nitrogens is 3. The molecule has 0 radical (unpaired) electrons. The van der Waals surface area contributed by atoms with Gasteiger partial charge in [0.15, 0.2) is 5.69 Å². The number of benzene rings is 1. The average Bonchev–Trinajstić information content (AvgIpc) is 3.54. The van der Waals surface area contributed by atoms with Crippen LogP contribution in [0.5, 0.6) is 0 Å². The molecule has 0 unspecified atom stereocenters. The van der Waals surface area contributed by atoms with Gasteiger partial charge in [-0.2, -0.15) is 4.98 Å². The van der Waals surface area contributed by atoms with E-state index in [1.54, 1.807) is 17.2 Å². The van der Waals surface area contributed by atoms with Crippen molar-refractivity contribution in [1.82, 2.24) is 20.3 Å². The van der Waals surface area contributed by atoms with Crippen LogP contribution >= 0.6 is 0 Å². The lowest BCUT2D eigenvalue weighted by Gasteiger charge is -2.27. The lowest BCUT2D eigenvalue weighted by Crippen LogP contribution is -2.39. The Morgan fingerprint density at radius 3 is 3.03 bits per heavy atom. The molecular formula is C24H26FN7O3. The van der Waals surface area contributed by atoms with Gasteiger partial charge in [0, 0.05) is 49.7 Å². The molecule has 0 saturated carbocycles. The SMILES string of the molecule is CCNc1ncc2c(n1)N1CCC[C@H]1CN(c1cccc(-c3nc(C(=O)NCCF)co3)c1)C2=O. The van der Waals surface area contributed by atoms with Crippen LogP contribution in [0.1, 0.15) is 40.6 Å². The first kappa shape index (κ1) is 22.8. The molecule has 35 heavy (non-hydrogen) atoms. The number of hydrogen-bond donors (Lipinski definition) is 2. The molecule has 5 rings (SSSR count). The Hall–Kier alpha value is -4.02. The van der Waals surface area contributed by atoms with Crippen molar-refractivity contribution in [3.05, 3.63) is 48.0 Å². The Kier molecular flexibility index (Phi) is 6.30. The van der Waals surface area contributed by atoms with Gasteiger partial charge in [0.1, 0.15) is 24.3 Å².